The Morgan fingerprint density at radius 1 is 0.833 bits per heavy atom. The highest BCUT2D eigenvalue weighted by Gasteiger charge is 2.16. The molecule has 1 saturated heterocycles. The van der Waals surface area contributed by atoms with Crippen LogP contribution in [0, 0.1) is 0 Å². The summed E-state index contributed by atoms with van der Waals surface area (Å²) in [5.74, 6) is 0. The summed E-state index contributed by atoms with van der Waals surface area (Å²) in [6.07, 6.45) is 6.31. The molecule has 0 aliphatic carbocycles. The first-order valence-corrected chi connectivity index (χ1v) is 9.43. The number of nitrogens with zero attached hydrogens (tertiary/aromatic N) is 1. The first-order chi connectivity index (χ1) is 11.9. The Balaban J connectivity index is 1.91. The monoisotopic (exact) mass is 319 g/mol. The Labute approximate surface area is 147 Å². The van der Waals surface area contributed by atoms with Gasteiger partial charge in [0.2, 0.25) is 0 Å². The highest BCUT2D eigenvalue weighted by atomic mass is 15.1. The van der Waals surface area contributed by atoms with Gasteiger partial charge in [-0.3, -0.25) is 0 Å². The van der Waals surface area contributed by atoms with Gasteiger partial charge in [0.1, 0.15) is 0 Å². The molecule has 0 bridgehead atoms. The Bertz CT molecular complexity index is 601. The quantitative estimate of drug-likeness (QED) is 0.675. The minimum absolute atomic E-state index is 1.20. The molecule has 1 aliphatic heterocycles. The van der Waals surface area contributed by atoms with Gasteiger partial charge in [-0.15, -0.1) is 0 Å². The van der Waals surface area contributed by atoms with E-state index in [1.54, 1.807) is 5.57 Å². The van der Waals surface area contributed by atoms with Crippen LogP contribution in [0.25, 0.3) is 5.57 Å². The van der Waals surface area contributed by atoms with Gasteiger partial charge >= 0.3 is 0 Å². The van der Waals surface area contributed by atoms with E-state index in [2.05, 4.69) is 72.5 Å². The van der Waals surface area contributed by atoms with Gasteiger partial charge in [-0.1, -0.05) is 79.6 Å². The highest BCUT2D eigenvalue weighted by Crippen LogP contribution is 2.32. The van der Waals surface area contributed by atoms with Crippen molar-refractivity contribution in [1.82, 2.24) is 4.90 Å². The maximum absolute atomic E-state index is 2.66. The molecular formula is C23H29N. The average Bonchev–Trinajstić information content (AvgIpc) is 2.88. The summed E-state index contributed by atoms with van der Waals surface area (Å²) in [7, 11) is 0. The van der Waals surface area contributed by atoms with Crippen LogP contribution in [0.4, 0.5) is 0 Å². The minimum atomic E-state index is 1.20. The van der Waals surface area contributed by atoms with Crippen LogP contribution in [-0.4, -0.2) is 24.5 Å². The zero-order valence-corrected chi connectivity index (χ0v) is 14.9. The van der Waals surface area contributed by atoms with Crippen molar-refractivity contribution < 1.29 is 0 Å². The van der Waals surface area contributed by atoms with Gasteiger partial charge in [0, 0.05) is 6.54 Å². The Morgan fingerprint density at radius 3 is 2.04 bits per heavy atom. The molecule has 1 heteroatoms. The molecule has 0 atom stereocenters. The number of unbranched alkanes of at least 4 members (excludes halogenated alkanes) is 1. The van der Waals surface area contributed by atoms with E-state index in [1.165, 1.54) is 68.4 Å². The van der Waals surface area contributed by atoms with Gasteiger partial charge in [-0.05, 0) is 55.5 Å². The molecule has 1 aliphatic rings. The lowest BCUT2D eigenvalue weighted by Crippen LogP contribution is -2.25. The maximum atomic E-state index is 2.66. The van der Waals surface area contributed by atoms with Crippen LogP contribution in [0.1, 0.15) is 50.2 Å². The van der Waals surface area contributed by atoms with Crippen LogP contribution in [0.3, 0.4) is 0 Å². The molecule has 0 saturated carbocycles. The molecule has 0 N–H and O–H groups in total. The van der Waals surface area contributed by atoms with Gasteiger partial charge in [0.25, 0.3) is 0 Å². The van der Waals surface area contributed by atoms with Crippen molar-refractivity contribution >= 4 is 5.57 Å². The van der Waals surface area contributed by atoms with Gasteiger partial charge in [-0.25, -0.2) is 0 Å². The van der Waals surface area contributed by atoms with Crippen LogP contribution in [0.2, 0.25) is 0 Å². The molecule has 2 aromatic rings. The highest BCUT2D eigenvalue weighted by molar-refractivity contribution is 5.82. The lowest BCUT2D eigenvalue weighted by molar-refractivity contribution is 0.282. The number of benzene rings is 2. The van der Waals surface area contributed by atoms with E-state index in [-0.39, 0.29) is 0 Å². The van der Waals surface area contributed by atoms with E-state index >= 15 is 0 Å². The molecule has 0 aromatic heterocycles. The zero-order chi connectivity index (χ0) is 16.6. The van der Waals surface area contributed by atoms with Crippen molar-refractivity contribution in [2.75, 3.05) is 19.6 Å². The topological polar surface area (TPSA) is 3.24 Å². The molecule has 24 heavy (non-hydrogen) atoms. The van der Waals surface area contributed by atoms with Crippen molar-refractivity contribution in [3.8, 4) is 0 Å². The Hall–Kier alpha value is -1.86. The summed E-state index contributed by atoms with van der Waals surface area (Å²) in [5.41, 5.74) is 5.82. The number of rotatable bonds is 5. The van der Waals surface area contributed by atoms with Gasteiger partial charge in [0.05, 0.1) is 0 Å². The van der Waals surface area contributed by atoms with Crippen molar-refractivity contribution in [1.29, 1.82) is 0 Å². The summed E-state index contributed by atoms with van der Waals surface area (Å²) in [6, 6.07) is 21.9. The minimum Gasteiger partial charge on any atom is -0.303 e. The van der Waals surface area contributed by atoms with Crippen molar-refractivity contribution in [2.45, 2.75) is 39.0 Å². The van der Waals surface area contributed by atoms with E-state index in [9.17, 15) is 0 Å². The Kier molecular flexibility index (Phi) is 6.26. The summed E-state index contributed by atoms with van der Waals surface area (Å²) in [5, 5.41) is 0. The first-order valence-electron chi connectivity index (χ1n) is 9.43. The van der Waals surface area contributed by atoms with E-state index in [0.29, 0.717) is 0 Å². The van der Waals surface area contributed by atoms with Crippen molar-refractivity contribution in [3.63, 3.8) is 0 Å². The fourth-order valence-corrected chi connectivity index (χ4v) is 3.69. The largest absolute Gasteiger partial charge is 0.303 e. The second-order valence-electron chi connectivity index (χ2n) is 6.76. The second kappa shape index (κ2) is 8.84. The molecule has 0 radical (unpaired) electrons. The summed E-state index contributed by atoms with van der Waals surface area (Å²) < 4.78 is 0. The smallest absolute Gasteiger partial charge is 0.00189 e. The Morgan fingerprint density at radius 2 is 1.46 bits per heavy atom. The van der Waals surface area contributed by atoms with Crippen molar-refractivity contribution in [3.05, 3.63) is 77.4 Å². The molecule has 0 amide bonds. The van der Waals surface area contributed by atoms with Crippen LogP contribution >= 0.6 is 0 Å². The van der Waals surface area contributed by atoms with Crippen LogP contribution in [0.5, 0.6) is 0 Å². The lowest BCUT2D eigenvalue weighted by Gasteiger charge is -2.19. The predicted molar refractivity (Wildman–Crippen MR) is 104 cm³/mol. The summed E-state index contributed by atoms with van der Waals surface area (Å²) in [6.45, 7) is 6.00. The van der Waals surface area contributed by atoms with Gasteiger partial charge < -0.3 is 4.90 Å². The molecule has 3 rings (SSSR count). The summed E-state index contributed by atoms with van der Waals surface area (Å²) in [4.78, 5) is 2.66. The molecule has 1 nitrogen and oxygen atoms in total. The molecule has 0 spiro atoms. The van der Waals surface area contributed by atoms with E-state index < -0.39 is 0 Å². The fourth-order valence-electron chi connectivity index (χ4n) is 3.69. The SMILES string of the molecule is CCCCN1CCCC(=C(c2ccccc2)c2ccccc2)CC1. The van der Waals surface area contributed by atoms with Gasteiger partial charge in [-0.2, -0.15) is 0 Å². The van der Waals surface area contributed by atoms with E-state index in [0.717, 1.165) is 0 Å². The summed E-state index contributed by atoms with van der Waals surface area (Å²) >= 11 is 0. The normalized spacial score (nSPS) is 16.0. The number of likely N-dealkylation sites (tertiary alicyclic amines) is 1. The lowest BCUT2D eigenvalue weighted by atomic mass is 9.90. The fraction of sp³-hybridized carbons (Fsp3) is 0.391. The van der Waals surface area contributed by atoms with E-state index in [4.69, 9.17) is 0 Å². The molecule has 1 fully saturated rings. The molecule has 2 aromatic carbocycles. The van der Waals surface area contributed by atoms with Crippen molar-refractivity contribution in [2.24, 2.45) is 0 Å². The number of hydrogen-bond donors (Lipinski definition) is 0. The predicted octanol–water partition coefficient (Wildman–Crippen LogP) is 5.77. The van der Waals surface area contributed by atoms with Crippen LogP contribution < -0.4 is 0 Å². The number of hydrogen-bond acceptors (Lipinski definition) is 1. The van der Waals surface area contributed by atoms with E-state index in [1.807, 2.05) is 0 Å². The first kappa shape index (κ1) is 17.0. The standard InChI is InChI=1S/C23H29N/c1-2-3-17-24-18-10-15-22(16-19-24)23(20-11-6-4-7-12-20)21-13-8-5-9-14-21/h4-9,11-14H,2-3,10,15-19H2,1H3. The van der Waals surface area contributed by atoms with Gasteiger partial charge in [0.15, 0.2) is 0 Å². The molecule has 0 unspecified atom stereocenters. The average molecular weight is 319 g/mol. The zero-order valence-electron chi connectivity index (χ0n) is 14.9. The van der Waals surface area contributed by atoms with Crippen LogP contribution in [-0.2, 0) is 0 Å². The molecule has 1 heterocycles. The van der Waals surface area contributed by atoms with Crippen LogP contribution in [0.15, 0.2) is 66.2 Å². The molecule has 126 valence electrons. The third-order valence-electron chi connectivity index (χ3n) is 4.99. The third-order valence-corrected chi connectivity index (χ3v) is 4.99. The second-order valence-corrected chi connectivity index (χ2v) is 6.76. The third kappa shape index (κ3) is 4.36. The maximum Gasteiger partial charge on any atom is 0.00189 e. The molecular weight excluding hydrogens is 290 g/mol.